The lowest BCUT2D eigenvalue weighted by Crippen LogP contribution is -2.12. The molecular formula is C18H29BrO. The van der Waals surface area contributed by atoms with E-state index in [1.165, 1.54) is 25.7 Å². The van der Waals surface area contributed by atoms with Crippen LogP contribution in [0.4, 0.5) is 0 Å². The van der Waals surface area contributed by atoms with E-state index < -0.39 is 0 Å². The van der Waals surface area contributed by atoms with Crippen molar-refractivity contribution in [3.8, 4) is 0 Å². The van der Waals surface area contributed by atoms with E-state index >= 15 is 0 Å². The molecule has 0 spiro atoms. The van der Waals surface area contributed by atoms with Crippen molar-refractivity contribution < 1.29 is 4.79 Å². The van der Waals surface area contributed by atoms with Crippen molar-refractivity contribution >= 4 is 21.7 Å². The minimum atomic E-state index is -0.0151. The maximum atomic E-state index is 11.8. The molecule has 114 valence electrons. The van der Waals surface area contributed by atoms with Gasteiger partial charge in [0, 0.05) is 6.42 Å². The number of ketones is 1. The van der Waals surface area contributed by atoms with Gasteiger partial charge in [-0.2, -0.15) is 0 Å². The molecule has 0 N–H and O–H groups in total. The highest BCUT2D eigenvalue weighted by Crippen LogP contribution is 2.12. The highest BCUT2D eigenvalue weighted by molar-refractivity contribution is 9.10. The summed E-state index contributed by atoms with van der Waals surface area (Å²) in [5.41, 5.74) is 0. The van der Waals surface area contributed by atoms with Gasteiger partial charge in [0.1, 0.15) is 5.78 Å². The van der Waals surface area contributed by atoms with Crippen LogP contribution >= 0.6 is 15.9 Å². The lowest BCUT2D eigenvalue weighted by Gasteiger charge is -2.04. The lowest BCUT2D eigenvalue weighted by molar-refractivity contribution is -0.118. The molecule has 0 amide bonds. The Morgan fingerprint density at radius 2 is 1.50 bits per heavy atom. The molecule has 1 atom stereocenters. The maximum absolute atomic E-state index is 11.8. The van der Waals surface area contributed by atoms with Crippen molar-refractivity contribution in [1.29, 1.82) is 0 Å². The Bertz CT molecular complexity index is 315. The number of rotatable bonds is 12. The van der Waals surface area contributed by atoms with Crippen molar-refractivity contribution in [3.63, 3.8) is 0 Å². The summed E-state index contributed by atoms with van der Waals surface area (Å²) in [6, 6.07) is 0. The van der Waals surface area contributed by atoms with E-state index in [9.17, 15) is 4.79 Å². The molecule has 0 saturated heterocycles. The summed E-state index contributed by atoms with van der Waals surface area (Å²) in [6.45, 7) is 4.05. The van der Waals surface area contributed by atoms with Gasteiger partial charge in [0.05, 0.1) is 4.83 Å². The number of alkyl halides is 1. The predicted molar refractivity (Wildman–Crippen MR) is 93.4 cm³/mol. The van der Waals surface area contributed by atoms with Crippen LogP contribution in [-0.2, 0) is 4.79 Å². The first-order valence-electron chi connectivity index (χ1n) is 7.76. The summed E-state index contributed by atoms with van der Waals surface area (Å²) in [5, 5.41) is 0. The van der Waals surface area contributed by atoms with Gasteiger partial charge in [0.25, 0.3) is 0 Å². The molecule has 0 aliphatic heterocycles. The number of carbonyl (C=O) groups is 1. The van der Waals surface area contributed by atoms with Crippen molar-refractivity contribution in [1.82, 2.24) is 0 Å². The molecule has 0 fully saturated rings. The van der Waals surface area contributed by atoms with Crippen LogP contribution in [-0.4, -0.2) is 10.6 Å². The van der Waals surface area contributed by atoms with Crippen LogP contribution in [0.3, 0.4) is 0 Å². The Morgan fingerprint density at radius 3 is 2.15 bits per heavy atom. The van der Waals surface area contributed by atoms with Gasteiger partial charge in [0.15, 0.2) is 0 Å². The highest BCUT2D eigenvalue weighted by atomic mass is 79.9. The fraction of sp³-hybridized carbons (Fsp3) is 0.611. The number of hydrogen-bond acceptors (Lipinski definition) is 1. The van der Waals surface area contributed by atoms with E-state index in [1.54, 1.807) is 0 Å². The van der Waals surface area contributed by atoms with E-state index in [0.29, 0.717) is 12.2 Å². The number of Topliss-reactive ketones (excluding diaryl/α,β-unsaturated/α-hetero) is 1. The third-order valence-electron chi connectivity index (χ3n) is 3.13. The van der Waals surface area contributed by atoms with E-state index in [0.717, 1.165) is 19.3 Å². The van der Waals surface area contributed by atoms with E-state index in [-0.39, 0.29) is 4.83 Å². The molecule has 0 aromatic carbocycles. The molecule has 20 heavy (non-hydrogen) atoms. The second-order valence-corrected chi connectivity index (χ2v) is 6.06. The van der Waals surface area contributed by atoms with Crippen LogP contribution in [0.1, 0.15) is 65.2 Å². The first-order valence-corrected chi connectivity index (χ1v) is 8.68. The van der Waals surface area contributed by atoms with Gasteiger partial charge in [-0.05, 0) is 52.4 Å². The Kier molecular flexibility index (Phi) is 14.3. The van der Waals surface area contributed by atoms with Gasteiger partial charge in [-0.1, -0.05) is 58.8 Å². The zero-order chi connectivity index (χ0) is 15.1. The third-order valence-corrected chi connectivity index (χ3v) is 4.01. The highest BCUT2D eigenvalue weighted by Gasteiger charge is 2.11. The SMILES string of the molecule is C/C=C/CCCCC/C=C/CC(Br)C(=O)CC/C=C/C. The van der Waals surface area contributed by atoms with E-state index in [4.69, 9.17) is 0 Å². The Hall–Kier alpha value is -0.630. The first kappa shape index (κ1) is 19.4. The summed E-state index contributed by atoms with van der Waals surface area (Å²) in [6.07, 6.45) is 21.2. The molecule has 0 heterocycles. The largest absolute Gasteiger partial charge is 0.298 e. The van der Waals surface area contributed by atoms with Gasteiger partial charge in [-0.15, -0.1) is 0 Å². The molecule has 1 unspecified atom stereocenters. The molecule has 0 saturated carbocycles. The van der Waals surface area contributed by atoms with Gasteiger partial charge >= 0.3 is 0 Å². The van der Waals surface area contributed by atoms with Crippen LogP contribution in [0.15, 0.2) is 36.5 Å². The topological polar surface area (TPSA) is 17.1 Å². The number of allylic oxidation sites excluding steroid dienone is 6. The number of halogens is 1. The number of carbonyl (C=O) groups excluding carboxylic acids is 1. The number of unbranched alkanes of at least 4 members (excludes halogenated alkanes) is 4. The van der Waals surface area contributed by atoms with Crippen molar-refractivity contribution in [3.05, 3.63) is 36.5 Å². The quantitative estimate of drug-likeness (QED) is 0.236. The third kappa shape index (κ3) is 12.4. The summed E-state index contributed by atoms with van der Waals surface area (Å²) < 4.78 is 0. The Balaban J connectivity index is 3.55. The zero-order valence-corrected chi connectivity index (χ0v) is 14.6. The molecule has 1 nitrogen and oxygen atoms in total. The molecular weight excluding hydrogens is 312 g/mol. The second-order valence-electron chi connectivity index (χ2n) is 4.96. The first-order chi connectivity index (χ1) is 9.72. The molecule has 0 aliphatic rings. The van der Waals surface area contributed by atoms with Crippen LogP contribution in [0.25, 0.3) is 0 Å². The smallest absolute Gasteiger partial charge is 0.147 e. The maximum Gasteiger partial charge on any atom is 0.147 e. The van der Waals surface area contributed by atoms with Crippen molar-refractivity contribution in [2.24, 2.45) is 0 Å². The Labute approximate surface area is 133 Å². The van der Waals surface area contributed by atoms with Gasteiger partial charge in [-0.25, -0.2) is 0 Å². The normalized spacial score (nSPS) is 13.8. The lowest BCUT2D eigenvalue weighted by atomic mass is 10.1. The Morgan fingerprint density at radius 1 is 0.900 bits per heavy atom. The second kappa shape index (κ2) is 14.8. The average molecular weight is 341 g/mol. The van der Waals surface area contributed by atoms with Crippen LogP contribution in [0, 0.1) is 0 Å². The van der Waals surface area contributed by atoms with Crippen molar-refractivity contribution in [2.75, 3.05) is 0 Å². The van der Waals surface area contributed by atoms with Crippen LogP contribution < -0.4 is 0 Å². The van der Waals surface area contributed by atoms with Crippen LogP contribution in [0.2, 0.25) is 0 Å². The standard InChI is InChI=1S/C18H29BrO/c1-3-5-7-8-9-10-11-12-14-15-17(19)18(20)16-13-6-4-2/h3-6,12,14,17H,7-11,13,15-16H2,1-2H3/b5-3+,6-4+,14-12+. The van der Waals surface area contributed by atoms with Crippen LogP contribution in [0.5, 0.6) is 0 Å². The van der Waals surface area contributed by atoms with E-state index in [1.807, 2.05) is 19.1 Å². The zero-order valence-electron chi connectivity index (χ0n) is 13.0. The summed E-state index contributed by atoms with van der Waals surface area (Å²) in [4.78, 5) is 11.7. The fourth-order valence-corrected chi connectivity index (χ4v) is 2.33. The fourth-order valence-electron chi connectivity index (χ4n) is 1.88. The molecule has 0 aromatic rings. The minimum absolute atomic E-state index is 0.0151. The van der Waals surface area contributed by atoms with Gasteiger partial charge in [-0.3, -0.25) is 4.79 Å². The molecule has 0 aliphatic carbocycles. The molecule has 0 aromatic heterocycles. The molecule has 0 radical (unpaired) electrons. The molecule has 0 bridgehead atoms. The predicted octanol–water partition coefficient (Wildman–Crippen LogP) is 6.15. The van der Waals surface area contributed by atoms with Gasteiger partial charge in [0.2, 0.25) is 0 Å². The number of hydrogen-bond donors (Lipinski definition) is 0. The monoisotopic (exact) mass is 340 g/mol. The van der Waals surface area contributed by atoms with Gasteiger partial charge < -0.3 is 0 Å². The summed E-state index contributed by atoms with van der Waals surface area (Å²) in [5.74, 6) is 0.305. The van der Waals surface area contributed by atoms with E-state index in [2.05, 4.69) is 47.2 Å². The average Bonchev–Trinajstić information content (AvgIpc) is 2.45. The minimum Gasteiger partial charge on any atom is -0.298 e. The molecule has 0 rings (SSSR count). The summed E-state index contributed by atoms with van der Waals surface area (Å²) in [7, 11) is 0. The summed E-state index contributed by atoms with van der Waals surface area (Å²) >= 11 is 3.47. The molecule has 2 heteroatoms. The van der Waals surface area contributed by atoms with Crippen molar-refractivity contribution in [2.45, 2.75) is 70.0 Å².